The van der Waals surface area contributed by atoms with Crippen LogP contribution in [0.25, 0.3) is 0 Å². The average molecular weight is 193 g/mol. The molecule has 0 aromatic carbocycles. The summed E-state index contributed by atoms with van der Waals surface area (Å²) in [6.45, 7) is 0. The Bertz CT molecular complexity index is 379. The number of rotatable bonds is 2. The summed E-state index contributed by atoms with van der Waals surface area (Å²) in [5.74, 6) is 0. The van der Waals surface area contributed by atoms with Gasteiger partial charge in [0.15, 0.2) is 0 Å². The van der Waals surface area contributed by atoms with Gasteiger partial charge in [0.2, 0.25) is 0 Å². The molecule has 0 saturated heterocycles. The third-order valence-electron chi connectivity index (χ3n) is 2.75. The van der Waals surface area contributed by atoms with Crippen molar-refractivity contribution in [2.24, 2.45) is 0 Å². The largest absolute Gasteiger partial charge is 0.376 e. The molecule has 14 heavy (non-hydrogen) atoms. The van der Waals surface area contributed by atoms with Crippen LogP contribution in [-0.4, -0.2) is 23.9 Å². The standard InChI is InChI=1S/C10H15N3O/c1-12(2)9-6-10(14)13(11-7-9)8-4-3-5-8/h6-8H,3-5H2,1-2H3. The summed E-state index contributed by atoms with van der Waals surface area (Å²) in [4.78, 5) is 13.5. The number of hydrogen-bond acceptors (Lipinski definition) is 3. The smallest absolute Gasteiger partial charge is 0.269 e. The molecule has 0 bridgehead atoms. The number of hydrogen-bond donors (Lipinski definition) is 0. The molecule has 1 heterocycles. The molecule has 4 heteroatoms. The second kappa shape index (κ2) is 3.44. The van der Waals surface area contributed by atoms with Crippen molar-refractivity contribution in [2.45, 2.75) is 25.3 Å². The predicted octanol–water partition coefficient (Wildman–Crippen LogP) is 1.03. The van der Waals surface area contributed by atoms with Crippen molar-refractivity contribution < 1.29 is 0 Å². The molecule has 0 spiro atoms. The van der Waals surface area contributed by atoms with E-state index >= 15 is 0 Å². The lowest BCUT2D eigenvalue weighted by molar-refractivity contribution is 0.278. The molecule has 0 radical (unpaired) electrons. The van der Waals surface area contributed by atoms with Gasteiger partial charge in [-0.25, -0.2) is 4.68 Å². The lowest BCUT2D eigenvalue weighted by Gasteiger charge is -2.26. The van der Waals surface area contributed by atoms with E-state index in [1.54, 1.807) is 16.9 Å². The van der Waals surface area contributed by atoms with Crippen molar-refractivity contribution in [2.75, 3.05) is 19.0 Å². The highest BCUT2D eigenvalue weighted by Gasteiger charge is 2.21. The van der Waals surface area contributed by atoms with E-state index in [2.05, 4.69) is 5.10 Å². The molecule has 1 aromatic heterocycles. The first-order valence-electron chi connectivity index (χ1n) is 4.94. The van der Waals surface area contributed by atoms with Crippen LogP contribution in [0.2, 0.25) is 0 Å². The van der Waals surface area contributed by atoms with Crippen molar-refractivity contribution in [1.29, 1.82) is 0 Å². The summed E-state index contributed by atoms with van der Waals surface area (Å²) < 4.78 is 1.61. The lowest BCUT2D eigenvalue weighted by atomic mass is 9.93. The Hall–Kier alpha value is -1.32. The third-order valence-corrected chi connectivity index (χ3v) is 2.75. The van der Waals surface area contributed by atoms with Crippen LogP contribution in [0.3, 0.4) is 0 Å². The maximum Gasteiger partial charge on any atom is 0.269 e. The highest BCUT2D eigenvalue weighted by molar-refractivity contribution is 5.40. The van der Waals surface area contributed by atoms with Crippen LogP contribution in [0.5, 0.6) is 0 Å². The Labute approximate surface area is 83.2 Å². The molecule has 2 rings (SSSR count). The van der Waals surface area contributed by atoms with Gasteiger partial charge < -0.3 is 4.90 Å². The summed E-state index contributed by atoms with van der Waals surface area (Å²) in [5, 5.41) is 4.18. The van der Waals surface area contributed by atoms with Gasteiger partial charge in [-0.2, -0.15) is 5.10 Å². The minimum Gasteiger partial charge on any atom is -0.376 e. The van der Waals surface area contributed by atoms with Gasteiger partial charge in [0.05, 0.1) is 17.9 Å². The Morgan fingerprint density at radius 2 is 2.21 bits per heavy atom. The van der Waals surface area contributed by atoms with E-state index in [0.717, 1.165) is 18.5 Å². The topological polar surface area (TPSA) is 38.1 Å². The van der Waals surface area contributed by atoms with Crippen LogP contribution in [0.1, 0.15) is 25.3 Å². The van der Waals surface area contributed by atoms with Crippen LogP contribution < -0.4 is 10.5 Å². The average Bonchev–Trinajstić information content (AvgIpc) is 2.04. The number of nitrogens with zero attached hydrogens (tertiary/aromatic N) is 3. The molecule has 4 nitrogen and oxygen atoms in total. The summed E-state index contributed by atoms with van der Waals surface area (Å²) in [5.41, 5.74) is 0.881. The molecule has 1 fully saturated rings. The number of anilines is 1. The molecule has 76 valence electrons. The van der Waals surface area contributed by atoms with Gasteiger partial charge >= 0.3 is 0 Å². The second-order valence-corrected chi connectivity index (χ2v) is 3.98. The lowest BCUT2D eigenvalue weighted by Crippen LogP contribution is -2.31. The van der Waals surface area contributed by atoms with E-state index in [0.29, 0.717) is 6.04 Å². The third kappa shape index (κ3) is 1.52. The first kappa shape index (κ1) is 9.24. The maximum atomic E-state index is 11.7. The second-order valence-electron chi connectivity index (χ2n) is 3.98. The first-order valence-corrected chi connectivity index (χ1v) is 4.94. The molecule has 0 unspecified atom stereocenters. The fourth-order valence-corrected chi connectivity index (χ4v) is 1.56. The highest BCUT2D eigenvalue weighted by Crippen LogP contribution is 2.29. The predicted molar refractivity (Wildman–Crippen MR) is 55.7 cm³/mol. The maximum absolute atomic E-state index is 11.7. The SMILES string of the molecule is CN(C)c1cnn(C2CCC2)c(=O)c1. The minimum atomic E-state index is 0.0147. The van der Waals surface area contributed by atoms with Gasteiger partial charge in [-0.15, -0.1) is 0 Å². The van der Waals surface area contributed by atoms with E-state index in [1.165, 1.54) is 6.42 Å². The van der Waals surface area contributed by atoms with Crippen molar-refractivity contribution in [1.82, 2.24) is 9.78 Å². The molecule has 1 saturated carbocycles. The van der Waals surface area contributed by atoms with Crippen LogP contribution >= 0.6 is 0 Å². The molecular weight excluding hydrogens is 178 g/mol. The minimum absolute atomic E-state index is 0.0147. The fraction of sp³-hybridized carbons (Fsp3) is 0.600. The Kier molecular flexibility index (Phi) is 2.27. The van der Waals surface area contributed by atoms with Crippen molar-refractivity contribution >= 4 is 5.69 Å². The van der Waals surface area contributed by atoms with Gasteiger partial charge in [-0.05, 0) is 19.3 Å². The van der Waals surface area contributed by atoms with Crippen LogP contribution in [0.15, 0.2) is 17.1 Å². The monoisotopic (exact) mass is 193 g/mol. The molecule has 1 aliphatic rings. The van der Waals surface area contributed by atoms with E-state index in [-0.39, 0.29) is 5.56 Å². The zero-order chi connectivity index (χ0) is 10.1. The van der Waals surface area contributed by atoms with Crippen LogP contribution in [0, 0.1) is 0 Å². The molecule has 0 aliphatic heterocycles. The zero-order valence-corrected chi connectivity index (χ0v) is 8.60. The van der Waals surface area contributed by atoms with E-state index in [4.69, 9.17) is 0 Å². The van der Waals surface area contributed by atoms with Gasteiger partial charge in [-0.1, -0.05) is 0 Å². The zero-order valence-electron chi connectivity index (χ0n) is 8.60. The van der Waals surface area contributed by atoms with Crippen LogP contribution in [0.4, 0.5) is 5.69 Å². The Morgan fingerprint density at radius 3 is 2.64 bits per heavy atom. The van der Waals surface area contributed by atoms with Crippen molar-refractivity contribution in [3.8, 4) is 0 Å². The summed E-state index contributed by atoms with van der Waals surface area (Å²) in [7, 11) is 3.81. The summed E-state index contributed by atoms with van der Waals surface area (Å²) >= 11 is 0. The summed E-state index contributed by atoms with van der Waals surface area (Å²) in [6.07, 6.45) is 5.15. The molecule has 1 aromatic rings. The molecule has 0 atom stereocenters. The van der Waals surface area contributed by atoms with Gasteiger partial charge in [0.1, 0.15) is 0 Å². The fourth-order valence-electron chi connectivity index (χ4n) is 1.56. The molecule has 0 N–H and O–H groups in total. The highest BCUT2D eigenvalue weighted by atomic mass is 16.1. The molecular formula is C10H15N3O. The van der Waals surface area contributed by atoms with Gasteiger partial charge in [0, 0.05) is 20.2 Å². The summed E-state index contributed by atoms with van der Waals surface area (Å²) in [6, 6.07) is 1.99. The first-order chi connectivity index (χ1) is 6.68. The van der Waals surface area contributed by atoms with E-state index in [9.17, 15) is 4.79 Å². The molecule has 1 aliphatic carbocycles. The normalized spacial score (nSPS) is 16.4. The Morgan fingerprint density at radius 1 is 1.50 bits per heavy atom. The quantitative estimate of drug-likeness (QED) is 0.704. The van der Waals surface area contributed by atoms with Gasteiger partial charge in [-0.3, -0.25) is 4.79 Å². The van der Waals surface area contributed by atoms with Gasteiger partial charge in [0.25, 0.3) is 5.56 Å². The molecule has 0 amide bonds. The number of aromatic nitrogens is 2. The van der Waals surface area contributed by atoms with Crippen molar-refractivity contribution in [3.63, 3.8) is 0 Å². The van der Waals surface area contributed by atoms with E-state index < -0.39 is 0 Å². The van der Waals surface area contributed by atoms with Crippen LogP contribution in [-0.2, 0) is 0 Å². The van der Waals surface area contributed by atoms with Crippen molar-refractivity contribution in [3.05, 3.63) is 22.6 Å². The van der Waals surface area contributed by atoms with E-state index in [1.807, 2.05) is 19.0 Å². The Balaban J connectivity index is 2.31.